The van der Waals surface area contributed by atoms with Gasteiger partial charge in [0.15, 0.2) is 5.76 Å². The van der Waals surface area contributed by atoms with E-state index in [0.29, 0.717) is 11.7 Å². The van der Waals surface area contributed by atoms with E-state index in [1.165, 1.54) is 6.26 Å². The van der Waals surface area contributed by atoms with Crippen molar-refractivity contribution in [2.24, 2.45) is 5.92 Å². The maximum atomic E-state index is 11.4. The molecule has 0 aliphatic heterocycles. The molecule has 0 aliphatic carbocycles. The Bertz CT molecular complexity index is 264. The van der Waals surface area contributed by atoms with Crippen molar-refractivity contribution in [3.05, 3.63) is 24.2 Å². The van der Waals surface area contributed by atoms with Gasteiger partial charge in [-0.3, -0.25) is 4.79 Å². The first-order chi connectivity index (χ1) is 6.11. The number of amides is 1. The van der Waals surface area contributed by atoms with E-state index in [9.17, 15) is 4.79 Å². The third kappa shape index (κ3) is 2.61. The Morgan fingerprint density at radius 1 is 1.46 bits per heavy atom. The highest BCUT2D eigenvalue weighted by Crippen LogP contribution is 2.04. The predicted octanol–water partition coefficient (Wildman–Crippen LogP) is 2.05. The summed E-state index contributed by atoms with van der Waals surface area (Å²) in [4.78, 5) is 11.4. The molecule has 1 heterocycles. The van der Waals surface area contributed by atoms with Crippen LogP contribution in [0.3, 0.4) is 0 Å². The molecule has 1 rings (SSSR count). The van der Waals surface area contributed by atoms with Crippen molar-refractivity contribution in [3.8, 4) is 0 Å². The molecule has 1 aromatic rings. The maximum Gasteiger partial charge on any atom is 0.287 e. The quantitative estimate of drug-likeness (QED) is 0.775. The molecule has 72 valence electrons. The fourth-order valence-corrected chi connectivity index (χ4v) is 0.852. The van der Waals surface area contributed by atoms with Crippen LogP contribution in [0.25, 0.3) is 0 Å². The molecule has 1 amide bonds. The first-order valence-corrected chi connectivity index (χ1v) is 4.45. The Balaban J connectivity index is 2.52. The van der Waals surface area contributed by atoms with E-state index in [0.717, 1.165) is 0 Å². The highest BCUT2D eigenvalue weighted by atomic mass is 16.3. The largest absolute Gasteiger partial charge is 0.459 e. The molecular weight excluding hydrogens is 166 g/mol. The highest BCUT2D eigenvalue weighted by Gasteiger charge is 2.13. The van der Waals surface area contributed by atoms with Crippen LogP contribution in [0.2, 0.25) is 0 Å². The van der Waals surface area contributed by atoms with Crippen LogP contribution >= 0.6 is 0 Å². The summed E-state index contributed by atoms with van der Waals surface area (Å²) in [7, 11) is 0. The van der Waals surface area contributed by atoms with Crippen molar-refractivity contribution < 1.29 is 9.21 Å². The molecule has 1 unspecified atom stereocenters. The summed E-state index contributed by atoms with van der Waals surface area (Å²) in [5, 5.41) is 2.85. The van der Waals surface area contributed by atoms with Crippen LogP contribution in [0, 0.1) is 5.92 Å². The molecule has 3 heteroatoms. The van der Waals surface area contributed by atoms with E-state index >= 15 is 0 Å². The third-order valence-corrected chi connectivity index (χ3v) is 2.10. The molecule has 0 fully saturated rings. The zero-order chi connectivity index (χ0) is 9.84. The minimum Gasteiger partial charge on any atom is -0.459 e. The number of hydrogen-bond donors (Lipinski definition) is 1. The highest BCUT2D eigenvalue weighted by molar-refractivity contribution is 5.91. The topological polar surface area (TPSA) is 42.2 Å². The molecule has 0 aliphatic rings. The number of carbonyl (C=O) groups excluding carboxylic acids is 1. The van der Waals surface area contributed by atoms with Gasteiger partial charge in [-0.1, -0.05) is 13.8 Å². The van der Waals surface area contributed by atoms with Crippen LogP contribution in [-0.2, 0) is 0 Å². The Labute approximate surface area is 78.1 Å². The summed E-state index contributed by atoms with van der Waals surface area (Å²) in [5.41, 5.74) is 0. The molecule has 1 aromatic heterocycles. The second-order valence-electron chi connectivity index (χ2n) is 3.48. The van der Waals surface area contributed by atoms with Gasteiger partial charge < -0.3 is 9.73 Å². The first kappa shape index (κ1) is 9.84. The fraction of sp³-hybridized carbons (Fsp3) is 0.500. The van der Waals surface area contributed by atoms with Gasteiger partial charge in [-0.2, -0.15) is 0 Å². The summed E-state index contributed by atoms with van der Waals surface area (Å²) in [6, 6.07) is 3.52. The Kier molecular flexibility index (Phi) is 3.12. The van der Waals surface area contributed by atoms with E-state index in [1.807, 2.05) is 6.92 Å². The molecule has 0 saturated carbocycles. The summed E-state index contributed by atoms with van der Waals surface area (Å²) < 4.78 is 4.96. The van der Waals surface area contributed by atoms with E-state index in [4.69, 9.17) is 4.42 Å². The van der Waals surface area contributed by atoms with E-state index in [-0.39, 0.29) is 11.9 Å². The average Bonchev–Trinajstić information content (AvgIpc) is 2.55. The normalized spacial score (nSPS) is 12.9. The second kappa shape index (κ2) is 4.12. The number of nitrogens with one attached hydrogen (secondary N) is 1. The van der Waals surface area contributed by atoms with Gasteiger partial charge in [0.2, 0.25) is 0 Å². The molecule has 3 nitrogen and oxygen atoms in total. The zero-order valence-corrected chi connectivity index (χ0v) is 8.20. The second-order valence-corrected chi connectivity index (χ2v) is 3.48. The lowest BCUT2D eigenvalue weighted by atomic mass is 10.1. The van der Waals surface area contributed by atoms with Gasteiger partial charge in [0.25, 0.3) is 5.91 Å². The molecule has 1 atom stereocenters. The standard InChI is InChI=1S/C10H15NO2/c1-7(2)8(3)11-10(12)9-5-4-6-13-9/h4-8H,1-3H3,(H,11,12). The van der Waals surface area contributed by atoms with Crippen LogP contribution in [-0.4, -0.2) is 11.9 Å². The van der Waals surface area contributed by atoms with Gasteiger partial charge in [-0.25, -0.2) is 0 Å². The van der Waals surface area contributed by atoms with Crippen molar-refractivity contribution in [1.29, 1.82) is 0 Å². The van der Waals surface area contributed by atoms with Crippen LogP contribution in [0.5, 0.6) is 0 Å². The summed E-state index contributed by atoms with van der Waals surface area (Å²) >= 11 is 0. The Morgan fingerprint density at radius 3 is 2.62 bits per heavy atom. The SMILES string of the molecule is CC(C)C(C)NC(=O)c1ccco1. The van der Waals surface area contributed by atoms with Crippen molar-refractivity contribution in [2.75, 3.05) is 0 Å². The molecule has 0 saturated heterocycles. The van der Waals surface area contributed by atoms with Crippen LogP contribution in [0.1, 0.15) is 31.3 Å². The monoisotopic (exact) mass is 181 g/mol. The smallest absolute Gasteiger partial charge is 0.287 e. The van der Waals surface area contributed by atoms with Gasteiger partial charge in [0.05, 0.1) is 6.26 Å². The number of hydrogen-bond acceptors (Lipinski definition) is 2. The predicted molar refractivity (Wildman–Crippen MR) is 50.5 cm³/mol. The maximum absolute atomic E-state index is 11.4. The van der Waals surface area contributed by atoms with Crippen LogP contribution in [0.15, 0.2) is 22.8 Å². The van der Waals surface area contributed by atoms with Gasteiger partial charge in [-0.15, -0.1) is 0 Å². The summed E-state index contributed by atoms with van der Waals surface area (Å²) in [6.45, 7) is 6.10. The molecule has 0 aromatic carbocycles. The lowest BCUT2D eigenvalue weighted by Crippen LogP contribution is -2.35. The number of rotatable bonds is 3. The van der Waals surface area contributed by atoms with E-state index in [1.54, 1.807) is 12.1 Å². The number of carbonyl (C=O) groups is 1. The third-order valence-electron chi connectivity index (χ3n) is 2.10. The average molecular weight is 181 g/mol. The van der Waals surface area contributed by atoms with Gasteiger partial charge in [-0.05, 0) is 25.0 Å². The first-order valence-electron chi connectivity index (χ1n) is 4.45. The van der Waals surface area contributed by atoms with E-state index in [2.05, 4.69) is 19.2 Å². The van der Waals surface area contributed by atoms with Gasteiger partial charge in [0.1, 0.15) is 0 Å². The Morgan fingerprint density at radius 2 is 2.15 bits per heavy atom. The molecule has 0 bridgehead atoms. The lowest BCUT2D eigenvalue weighted by Gasteiger charge is -2.16. The van der Waals surface area contributed by atoms with Crippen molar-refractivity contribution in [1.82, 2.24) is 5.32 Å². The van der Waals surface area contributed by atoms with Crippen molar-refractivity contribution >= 4 is 5.91 Å². The number of furan rings is 1. The minimum absolute atomic E-state index is 0.147. The fourth-order valence-electron chi connectivity index (χ4n) is 0.852. The minimum atomic E-state index is -0.147. The Hall–Kier alpha value is -1.25. The molecule has 0 spiro atoms. The summed E-state index contributed by atoms with van der Waals surface area (Å²) in [5.74, 6) is 0.651. The molecule has 13 heavy (non-hydrogen) atoms. The van der Waals surface area contributed by atoms with Crippen molar-refractivity contribution in [3.63, 3.8) is 0 Å². The van der Waals surface area contributed by atoms with E-state index < -0.39 is 0 Å². The van der Waals surface area contributed by atoms with Gasteiger partial charge in [0, 0.05) is 6.04 Å². The van der Waals surface area contributed by atoms with Crippen LogP contribution < -0.4 is 5.32 Å². The molecular formula is C10H15NO2. The lowest BCUT2D eigenvalue weighted by molar-refractivity contribution is 0.0902. The molecule has 1 N–H and O–H groups in total. The zero-order valence-electron chi connectivity index (χ0n) is 8.20. The summed E-state index contributed by atoms with van der Waals surface area (Å²) in [6.07, 6.45) is 1.49. The molecule has 0 radical (unpaired) electrons. The van der Waals surface area contributed by atoms with Crippen LogP contribution in [0.4, 0.5) is 0 Å². The van der Waals surface area contributed by atoms with Gasteiger partial charge >= 0.3 is 0 Å². The van der Waals surface area contributed by atoms with Crippen molar-refractivity contribution in [2.45, 2.75) is 26.8 Å².